The highest BCUT2D eigenvalue weighted by molar-refractivity contribution is 6.30. The molecule has 19 heteroatoms. The zero-order valence-corrected chi connectivity index (χ0v) is 39.8. The molecule has 4 aromatic rings. The Morgan fingerprint density at radius 3 is 2.35 bits per heavy atom. The van der Waals surface area contributed by atoms with E-state index in [-0.39, 0.29) is 29.9 Å². The Hall–Kier alpha value is -5.11. The van der Waals surface area contributed by atoms with E-state index < -0.39 is 29.6 Å². The largest absolute Gasteiger partial charge is 0.489 e. The van der Waals surface area contributed by atoms with Crippen LogP contribution in [-0.2, 0) is 28.9 Å². The Balaban J connectivity index is 0.722. The maximum Gasteiger partial charge on any atom is 0.419 e. The van der Waals surface area contributed by atoms with Gasteiger partial charge >= 0.3 is 6.18 Å². The fraction of sp³-hybridized carbons (Fsp3) is 0.520. The number of amides is 2. The molecule has 0 spiro atoms. The number of aliphatic hydroxyl groups is 1. The molecule has 4 aliphatic rings. The van der Waals surface area contributed by atoms with E-state index in [1.165, 1.54) is 12.4 Å². The molecule has 372 valence electrons. The highest BCUT2D eigenvalue weighted by atomic mass is 35.5. The standard InChI is InChI=1S/C50H63ClF4N10O4/c1-33-24-43(66)47-46(33)48(60-32-59-47)64-20-22-65(23-21-64)49(68)40(36-3-5-38(51)6-4-36)27-57-12-13-58-45(67)30-63-18-16-62(17-19-63)28-34-10-14-61(15-11-34)29-37-26-39(56)7-9-44(37)69-31-35-2-8-42(52)41(25-35)50(53,54)55/h2-9,25-26,32-34,40,43,57,66H,10-24,27-31,56H2,1H3,(H,58,67)/t33-,40-,43-/m1/s1. The number of ether oxygens (including phenoxy) is 1. The summed E-state index contributed by atoms with van der Waals surface area (Å²) < 4.78 is 59.5. The van der Waals surface area contributed by atoms with Crippen LogP contribution in [0.1, 0.15) is 77.6 Å². The third-order valence-electron chi connectivity index (χ3n) is 14.0. The van der Waals surface area contributed by atoms with E-state index in [9.17, 15) is 32.3 Å². The minimum atomic E-state index is -4.79. The number of nitrogens with two attached hydrogens (primary N) is 1. The maximum atomic E-state index is 14.1. The van der Waals surface area contributed by atoms with Crippen LogP contribution in [0.5, 0.6) is 5.75 Å². The summed E-state index contributed by atoms with van der Waals surface area (Å²) >= 11 is 6.21. The van der Waals surface area contributed by atoms with Crippen molar-refractivity contribution < 1.29 is 37.0 Å². The number of alkyl halides is 3. The number of benzene rings is 3. The van der Waals surface area contributed by atoms with E-state index in [2.05, 4.69) is 47.1 Å². The van der Waals surface area contributed by atoms with Crippen molar-refractivity contribution in [2.75, 3.05) is 109 Å². The topological polar surface area (TPSA) is 156 Å². The van der Waals surface area contributed by atoms with E-state index in [0.717, 1.165) is 93.3 Å². The van der Waals surface area contributed by atoms with Gasteiger partial charge in [0.15, 0.2) is 0 Å². The van der Waals surface area contributed by atoms with Gasteiger partial charge in [-0.05, 0) is 97.8 Å². The van der Waals surface area contributed by atoms with Crippen LogP contribution in [-0.4, -0.2) is 145 Å². The molecular weight excluding hydrogens is 916 g/mol. The van der Waals surface area contributed by atoms with Gasteiger partial charge in [0, 0.05) is 107 Å². The number of nitrogens with one attached hydrogen (secondary N) is 2. The Labute approximate surface area is 406 Å². The quantitative estimate of drug-likeness (QED) is 0.0587. The lowest BCUT2D eigenvalue weighted by molar-refractivity contribution is -0.140. The molecule has 4 heterocycles. The SMILES string of the molecule is C[C@@H]1C[C@@H](O)c2ncnc(N3CCN(C(=O)[C@H](CNCCNC(=O)CN4CCN(CC5CCN(Cc6cc(N)ccc6OCc6ccc(F)c(C(F)(F)F)c6)CC5)CC4)c4ccc(Cl)cc4)CC3)c21. The van der Waals surface area contributed by atoms with E-state index in [0.29, 0.717) is 93.4 Å². The number of rotatable bonds is 17. The average Bonchev–Trinajstić information content (AvgIpc) is 3.63. The first-order valence-electron chi connectivity index (χ1n) is 24.0. The third kappa shape index (κ3) is 13.0. The van der Waals surface area contributed by atoms with Crippen LogP contribution in [0.25, 0.3) is 0 Å². The van der Waals surface area contributed by atoms with E-state index >= 15 is 0 Å². The highest BCUT2D eigenvalue weighted by Gasteiger charge is 2.36. The van der Waals surface area contributed by atoms with Crippen molar-refractivity contribution in [1.82, 2.24) is 40.2 Å². The van der Waals surface area contributed by atoms with E-state index in [1.54, 1.807) is 24.3 Å². The minimum absolute atomic E-state index is 0.0289. The number of likely N-dealkylation sites (tertiary alicyclic amines) is 1. The van der Waals surface area contributed by atoms with Gasteiger partial charge in [-0.15, -0.1) is 0 Å². The molecular formula is C50H63ClF4N10O4. The van der Waals surface area contributed by atoms with Crippen LogP contribution in [0.4, 0.5) is 29.1 Å². The average molecular weight is 980 g/mol. The predicted molar refractivity (Wildman–Crippen MR) is 256 cm³/mol. The summed E-state index contributed by atoms with van der Waals surface area (Å²) in [6.07, 6.45) is -1.17. The molecule has 1 aromatic heterocycles. The van der Waals surface area contributed by atoms with Crippen molar-refractivity contribution in [2.24, 2.45) is 5.92 Å². The first kappa shape index (κ1) is 50.3. The molecule has 14 nitrogen and oxygen atoms in total. The molecule has 0 radical (unpaired) electrons. The molecule has 0 saturated carbocycles. The number of nitrogen functional groups attached to an aromatic ring is 1. The lowest BCUT2D eigenvalue weighted by atomic mass is 9.95. The molecule has 8 rings (SSSR count). The highest BCUT2D eigenvalue weighted by Crippen LogP contribution is 2.43. The molecule has 1 aliphatic carbocycles. The smallest absolute Gasteiger partial charge is 0.419 e. The van der Waals surface area contributed by atoms with Crippen molar-refractivity contribution in [3.05, 3.63) is 111 Å². The fourth-order valence-electron chi connectivity index (χ4n) is 10.1. The van der Waals surface area contributed by atoms with E-state index in [4.69, 9.17) is 22.1 Å². The number of anilines is 2. The molecule has 0 bridgehead atoms. The third-order valence-corrected chi connectivity index (χ3v) is 14.2. The molecule has 69 heavy (non-hydrogen) atoms. The molecule has 3 fully saturated rings. The normalized spacial score (nSPS) is 20.2. The van der Waals surface area contributed by atoms with Gasteiger partial charge < -0.3 is 40.9 Å². The number of hydrogen-bond donors (Lipinski definition) is 4. The minimum Gasteiger partial charge on any atom is -0.489 e. The van der Waals surface area contributed by atoms with Gasteiger partial charge in [-0.2, -0.15) is 13.2 Å². The van der Waals surface area contributed by atoms with Crippen LogP contribution < -0.4 is 26.0 Å². The van der Waals surface area contributed by atoms with Gasteiger partial charge in [0.25, 0.3) is 0 Å². The number of aliphatic hydroxyl groups excluding tert-OH is 1. The number of halogens is 5. The van der Waals surface area contributed by atoms with Crippen LogP contribution in [0.2, 0.25) is 5.02 Å². The molecule has 5 N–H and O–H groups in total. The van der Waals surface area contributed by atoms with Gasteiger partial charge in [-0.25, -0.2) is 14.4 Å². The van der Waals surface area contributed by atoms with Crippen molar-refractivity contribution in [3.8, 4) is 5.75 Å². The molecule has 0 unspecified atom stereocenters. The number of fused-ring (bicyclic) bond motifs is 1. The number of carbonyl (C=O) groups excluding carboxylic acids is 2. The number of hydrogen-bond acceptors (Lipinski definition) is 12. The van der Waals surface area contributed by atoms with Crippen molar-refractivity contribution >= 4 is 34.9 Å². The van der Waals surface area contributed by atoms with Crippen LogP contribution in [0, 0.1) is 11.7 Å². The maximum absolute atomic E-state index is 14.1. The summed E-state index contributed by atoms with van der Waals surface area (Å²) in [7, 11) is 0. The number of piperidine rings is 1. The summed E-state index contributed by atoms with van der Waals surface area (Å²) in [6.45, 7) is 12.7. The van der Waals surface area contributed by atoms with Crippen LogP contribution >= 0.6 is 11.6 Å². The molecule has 3 aliphatic heterocycles. The van der Waals surface area contributed by atoms with E-state index in [1.807, 2.05) is 23.1 Å². The van der Waals surface area contributed by atoms with Gasteiger partial charge in [0.2, 0.25) is 11.8 Å². The number of piperazine rings is 2. The Kier molecular flexibility index (Phi) is 16.6. The lowest BCUT2D eigenvalue weighted by Gasteiger charge is -2.38. The zero-order valence-electron chi connectivity index (χ0n) is 39.1. The number of carbonyl (C=O) groups is 2. The van der Waals surface area contributed by atoms with Crippen LogP contribution in [0.3, 0.4) is 0 Å². The second-order valence-corrected chi connectivity index (χ2v) is 19.3. The number of aromatic nitrogens is 2. The Bertz CT molecular complexity index is 2370. The first-order chi connectivity index (χ1) is 33.2. The van der Waals surface area contributed by atoms with Crippen molar-refractivity contribution in [1.29, 1.82) is 0 Å². The monoisotopic (exact) mass is 978 g/mol. The zero-order chi connectivity index (χ0) is 48.7. The Morgan fingerprint density at radius 1 is 0.899 bits per heavy atom. The predicted octanol–water partition coefficient (Wildman–Crippen LogP) is 5.66. The Morgan fingerprint density at radius 2 is 1.62 bits per heavy atom. The van der Waals surface area contributed by atoms with Gasteiger partial charge in [-0.1, -0.05) is 36.7 Å². The van der Waals surface area contributed by atoms with Gasteiger partial charge in [0.05, 0.1) is 29.8 Å². The van der Waals surface area contributed by atoms with Crippen LogP contribution in [0.15, 0.2) is 67.0 Å². The fourth-order valence-corrected chi connectivity index (χ4v) is 10.2. The first-order valence-corrected chi connectivity index (χ1v) is 24.4. The molecule has 3 aromatic carbocycles. The molecule has 3 atom stereocenters. The summed E-state index contributed by atoms with van der Waals surface area (Å²) in [4.78, 5) is 47.1. The van der Waals surface area contributed by atoms with Crippen molar-refractivity contribution in [3.63, 3.8) is 0 Å². The summed E-state index contributed by atoms with van der Waals surface area (Å²) in [6, 6.07) is 15.5. The number of nitrogens with zero attached hydrogens (tertiary/aromatic N) is 7. The summed E-state index contributed by atoms with van der Waals surface area (Å²) in [5.41, 5.74) is 9.01. The molecule has 3 saturated heterocycles. The summed E-state index contributed by atoms with van der Waals surface area (Å²) in [5.74, 6) is 0.339. The second-order valence-electron chi connectivity index (χ2n) is 18.9. The second kappa shape index (κ2) is 22.8. The van der Waals surface area contributed by atoms with Crippen molar-refractivity contribution in [2.45, 2.75) is 63.5 Å². The lowest BCUT2D eigenvalue weighted by Crippen LogP contribution is -2.52. The van der Waals surface area contributed by atoms with Gasteiger partial charge in [0.1, 0.15) is 30.3 Å². The summed E-state index contributed by atoms with van der Waals surface area (Å²) in [5, 5.41) is 17.5. The van der Waals surface area contributed by atoms with Gasteiger partial charge in [-0.3, -0.25) is 19.4 Å². The molecule has 2 amide bonds.